The lowest BCUT2D eigenvalue weighted by Gasteiger charge is -2.13. The van der Waals surface area contributed by atoms with Crippen molar-refractivity contribution in [1.29, 1.82) is 0 Å². The number of fused-ring (bicyclic) bond motifs is 1. The number of imidazole rings is 1. The molecule has 4 rings (SSSR count). The van der Waals surface area contributed by atoms with Crippen LogP contribution in [-0.4, -0.2) is 33.1 Å². The summed E-state index contributed by atoms with van der Waals surface area (Å²) in [5.41, 5.74) is 3.27. The first-order valence-electron chi connectivity index (χ1n) is 12.3. The molecule has 0 fully saturated rings. The lowest BCUT2D eigenvalue weighted by molar-refractivity contribution is -0.131. The first-order valence-corrected chi connectivity index (χ1v) is 12.3. The number of carbonyl (C=O) groups excluding carboxylic acids is 1. The topological polar surface area (TPSA) is 68.5 Å². The van der Waals surface area contributed by atoms with Gasteiger partial charge in [-0.05, 0) is 43.0 Å². The Balaban J connectivity index is 1.71. The van der Waals surface area contributed by atoms with Crippen LogP contribution in [0.1, 0.15) is 49.0 Å². The van der Waals surface area contributed by atoms with Gasteiger partial charge in [0, 0.05) is 36.2 Å². The van der Waals surface area contributed by atoms with Crippen LogP contribution in [0.3, 0.4) is 0 Å². The van der Waals surface area contributed by atoms with Gasteiger partial charge in [0.05, 0.1) is 24.0 Å². The number of nitrogens with zero attached hydrogens (tertiary/aromatic N) is 3. The van der Waals surface area contributed by atoms with E-state index in [0.29, 0.717) is 34.8 Å². The number of hydrogen-bond acceptors (Lipinski definition) is 5. The fourth-order valence-corrected chi connectivity index (χ4v) is 4.00. The highest BCUT2D eigenvalue weighted by Crippen LogP contribution is 2.31. The van der Waals surface area contributed by atoms with Crippen molar-refractivity contribution < 1.29 is 27.1 Å². The zero-order valence-electron chi connectivity index (χ0n) is 21.3. The van der Waals surface area contributed by atoms with E-state index in [1.165, 1.54) is 28.8 Å². The predicted octanol–water partition coefficient (Wildman–Crippen LogP) is 7.62. The summed E-state index contributed by atoms with van der Waals surface area (Å²) in [7, 11) is 0. The van der Waals surface area contributed by atoms with E-state index in [0.717, 1.165) is 12.0 Å². The number of benzene rings is 2. The van der Waals surface area contributed by atoms with Gasteiger partial charge in [-0.2, -0.15) is 13.2 Å². The molecule has 6 nitrogen and oxygen atoms in total. The van der Waals surface area contributed by atoms with E-state index in [4.69, 9.17) is 4.74 Å². The SMILES string of the molecule is Cc1cc(-c2cnc3c(NCCC(F)(F)F)cc(Oc4cccc(F)c4)nn23)ccc1C(=O)CCC(C)C. The number of Topliss-reactive ketones (excluding diaryl/α,β-unsaturated/α-hetero) is 1. The van der Waals surface area contributed by atoms with E-state index in [-0.39, 0.29) is 29.6 Å². The monoisotopic (exact) mass is 528 g/mol. The Hall–Kier alpha value is -3.95. The van der Waals surface area contributed by atoms with Crippen molar-refractivity contribution in [3.63, 3.8) is 0 Å². The van der Waals surface area contributed by atoms with E-state index < -0.39 is 18.4 Å². The van der Waals surface area contributed by atoms with Crippen LogP contribution in [0.15, 0.2) is 54.7 Å². The zero-order chi connectivity index (χ0) is 27.4. The van der Waals surface area contributed by atoms with Crippen LogP contribution in [0.25, 0.3) is 16.9 Å². The summed E-state index contributed by atoms with van der Waals surface area (Å²) in [6.45, 7) is 5.61. The Morgan fingerprint density at radius 2 is 1.92 bits per heavy atom. The second-order valence-electron chi connectivity index (χ2n) is 9.51. The average molecular weight is 529 g/mol. The Bertz CT molecular complexity index is 1450. The largest absolute Gasteiger partial charge is 0.437 e. The molecule has 2 aromatic heterocycles. The van der Waals surface area contributed by atoms with Gasteiger partial charge in [-0.15, -0.1) is 5.10 Å². The molecule has 0 radical (unpaired) electrons. The Kier molecular flexibility index (Phi) is 7.99. The molecule has 0 spiro atoms. The van der Waals surface area contributed by atoms with Crippen LogP contribution >= 0.6 is 0 Å². The first-order chi connectivity index (χ1) is 18.0. The Labute approximate surface area is 217 Å². The van der Waals surface area contributed by atoms with E-state index in [2.05, 4.69) is 29.2 Å². The molecular weight excluding hydrogens is 500 g/mol. The minimum absolute atomic E-state index is 0.0362. The lowest BCUT2D eigenvalue weighted by atomic mass is 9.96. The van der Waals surface area contributed by atoms with Crippen molar-refractivity contribution in [3.8, 4) is 22.9 Å². The highest BCUT2D eigenvalue weighted by atomic mass is 19.4. The summed E-state index contributed by atoms with van der Waals surface area (Å²) in [5.74, 6) is 0.203. The number of nitrogens with one attached hydrogen (secondary N) is 1. The quantitative estimate of drug-likeness (QED) is 0.169. The molecule has 1 N–H and O–H groups in total. The summed E-state index contributed by atoms with van der Waals surface area (Å²) in [4.78, 5) is 17.1. The molecule has 200 valence electrons. The second kappa shape index (κ2) is 11.2. The molecule has 0 aliphatic carbocycles. The lowest BCUT2D eigenvalue weighted by Crippen LogP contribution is -2.15. The highest BCUT2D eigenvalue weighted by Gasteiger charge is 2.26. The van der Waals surface area contributed by atoms with Crippen LogP contribution in [0.4, 0.5) is 23.2 Å². The van der Waals surface area contributed by atoms with Crippen LogP contribution < -0.4 is 10.1 Å². The standard InChI is InChI=1S/C28H28F4N4O2/c1-17(2)7-10-25(37)22-9-8-19(13-18(22)3)24-16-34-27-23(33-12-11-28(30,31)32)15-26(35-36(24)27)38-21-6-4-5-20(29)14-21/h4-6,8-9,13-17,33H,7,10-12H2,1-3H3. The first kappa shape index (κ1) is 27.1. The van der Waals surface area contributed by atoms with Gasteiger partial charge >= 0.3 is 6.18 Å². The highest BCUT2D eigenvalue weighted by molar-refractivity contribution is 5.98. The number of ketones is 1. The van der Waals surface area contributed by atoms with Gasteiger partial charge in [0.25, 0.3) is 0 Å². The smallest absolute Gasteiger partial charge is 0.390 e. The molecule has 0 saturated heterocycles. The van der Waals surface area contributed by atoms with Gasteiger partial charge < -0.3 is 10.1 Å². The average Bonchev–Trinajstić information content (AvgIpc) is 3.26. The second-order valence-corrected chi connectivity index (χ2v) is 9.51. The van der Waals surface area contributed by atoms with Crippen LogP contribution in [0, 0.1) is 18.7 Å². The van der Waals surface area contributed by atoms with Gasteiger partial charge in [0.15, 0.2) is 11.4 Å². The molecule has 0 aliphatic rings. The number of hydrogen-bond donors (Lipinski definition) is 1. The fourth-order valence-electron chi connectivity index (χ4n) is 4.00. The fraction of sp³-hybridized carbons (Fsp3) is 0.321. The molecule has 10 heteroatoms. The van der Waals surface area contributed by atoms with Gasteiger partial charge in [-0.25, -0.2) is 13.9 Å². The Morgan fingerprint density at radius 3 is 2.61 bits per heavy atom. The number of halogens is 4. The normalized spacial score (nSPS) is 11.8. The van der Waals surface area contributed by atoms with E-state index in [9.17, 15) is 22.4 Å². The minimum atomic E-state index is -4.33. The molecule has 2 heterocycles. The van der Waals surface area contributed by atoms with Gasteiger partial charge in [-0.1, -0.05) is 32.0 Å². The molecular formula is C28H28F4N4O2. The van der Waals surface area contributed by atoms with Crippen LogP contribution in [0.2, 0.25) is 0 Å². The van der Waals surface area contributed by atoms with E-state index in [1.54, 1.807) is 24.4 Å². The molecule has 0 bridgehead atoms. The van der Waals surface area contributed by atoms with E-state index >= 15 is 0 Å². The predicted molar refractivity (Wildman–Crippen MR) is 137 cm³/mol. The summed E-state index contributed by atoms with van der Waals surface area (Å²) in [6, 6.07) is 12.3. The summed E-state index contributed by atoms with van der Waals surface area (Å²) in [5, 5.41) is 7.23. The molecule has 0 amide bonds. The zero-order valence-corrected chi connectivity index (χ0v) is 21.3. The maximum absolute atomic E-state index is 13.7. The van der Waals surface area contributed by atoms with E-state index in [1.807, 2.05) is 13.0 Å². The molecule has 0 saturated carbocycles. The third kappa shape index (κ3) is 6.67. The van der Waals surface area contributed by atoms with Crippen molar-refractivity contribution in [1.82, 2.24) is 14.6 Å². The van der Waals surface area contributed by atoms with Gasteiger partial charge in [0.2, 0.25) is 5.88 Å². The molecule has 38 heavy (non-hydrogen) atoms. The van der Waals surface area contributed by atoms with Crippen molar-refractivity contribution in [3.05, 3.63) is 71.7 Å². The third-order valence-electron chi connectivity index (χ3n) is 5.96. The van der Waals surface area contributed by atoms with Crippen molar-refractivity contribution >= 4 is 17.1 Å². The number of carbonyl (C=O) groups is 1. The van der Waals surface area contributed by atoms with Crippen molar-refractivity contribution in [2.24, 2.45) is 5.92 Å². The van der Waals surface area contributed by atoms with Crippen LogP contribution in [0.5, 0.6) is 11.6 Å². The summed E-state index contributed by atoms with van der Waals surface area (Å²) >= 11 is 0. The maximum Gasteiger partial charge on any atom is 0.390 e. The van der Waals surface area contributed by atoms with Crippen molar-refractivity contribution in [2.75, 3.05) is 11.9 Å². The molecule has 4 aromatic rings. The molecule has 0 aliphatic heterocycles. The number of aryl methyl sites for hydroxylation is 1. The third-order valence-corrected chi connectivity index (χ3v) is 5.96. The number of alkyl halides is 3. The summed E-state index contributed by atoms with van der Waals surface area (Å²) < 4.78 is 59.1. The molecule has 0 atom stereocenters. The molecule has 2 aromatic carbocycles. The number of ether oxygens (including phenoxy) is 1. The number of anilines is 1. The van der Waals surface area contributed by atoms with Gasteiger partial charge in [0.1, 0.15) is 11.6 Å². The van der Waals surface area contributed by atoms with Crippen molar-refractivity contribution in [2.45, 2.75) is 46.2 Å². The van der Waals surface area contributed by atoms with Gasteiger partial charge in [-0.3, -0.25) is 4.79 Å². The number of rotatable bonds is 10. The Morgan fingerprint density at radius 1 is 1.13 bits per heavy atom. The minimum Gasteiger partial charge on any atom is -0.437 e. The molecule has 0 unspecified atom stereocenters. The summed E-state index contributed by atoms with van der Waals surface area (Å²) in [6.07, 6.45) is -2.55. The maximum atomic E-state index is 13.7. The number of aromatic nitrogens is 3. The van der Waals surface area contributed by atoms with Crippen LogP contribution in [-0.2, 0) is 0 Å².